The van der Waals surface area contributed by atoms with Crippen molar-refractivity contribution in [3.8, 4) is 11.3 Å². The van der Waals surface area contributed by atoms with Gasteiger partial charge < -0.3 is 5.73 Å². The lowest BCUT2D eigenvalue weighted by Crippen LogP contribution is -2.43. The van der Waals surface area contributed by atoms with Gasteiger partial charge in [-0.15, -0.1) is 0 Å². The van der Waals surface area contributed by atoms with E-state index in [1.165, 1.54) is 23.7 Å². The molecule has 1 fully saturated rings. The molecule has 0 bridgehead atoms. The Labute approximate surface area is 192 Å². The van der Waals surface area contributed by atoms with E-state index < -0.39 is 5.91 Å². The van der Waals surface area contributed by atoms with E-state index in [-0.39, 0.29) is 16.7 Å². The highest BCUT2D eigenvalue weighted by Crippen LogP contribution is 2.48. The van der Waals surface area contributed by atoms with Gasteiger partial charge in [-0.1, -0.05) is 85.6 Å². The Morgan fingerprint density at radius 2 is 1.75 bits per heavy atom. The summed E-state index contributed by atoms with van der Waals surface area (Å²) in [6.07, 6.45) is 6.42. The van der Waals surface area contributed by atoms with Crippen LogP contribution in [0.5, 0.6) is 0 Å². The number of aromatic nitrogens is 2. The maximum absolute atomic E-state index is 14.2. The van der Waals surface area contributed by atoms with E-state index in [9.17, 15) is 9.59 Å². The Kier molecular flexibility index (Phi) is 5.64. The van der Waals surface area contributed by atoms with Gasteiger partial charge in [0.25, 0.3) is 5.56 Å². The molecule has 32 heavy (non-hydrogen) atoms. The van der Waals surface area contributed by atoms with Crippen molar-refractivity contribution in [3.05, 3.63) is 81.6 Å². The van der Waals surface area contributed by atoms with Crippen molar-refractivity contribution in [2.24, 2.45) is 5.73 Å². The summed E-state index contributed by atoms with van der Waals surface area (Å²) < 4.78 is 1.76. The zero-order valence-electron chi connectivity index (χ0n) is 18.0. The molecule has 2 aliphatic rings. The van der Waals surface area contributed by atoms with Crippen LogP contribution in [0.3, 0.4) is 0 Å². The van der Waals surface area contributed by atoms with Crippen molar-refractivity contribution >= 4 is 17.7 Å². The molecule has 164 valence electrons. The fraction of sp³-hybridized carbons (Fsp3) is 0.346. The molecule has 1 amide bonds. The average molecular weight is 446 g/mol. The van der Waals surface area contributed by atoms with Crippen LogP contribution in [-0.2, 0) is 23.2 Å². The summed E-state index contributed by atoms with van der Waals surface area (Å²) in [4.78, 5) is 30.8. The van der Waals surface area contributed by atoms with Gasteiger partial charge in [-0.05, 0) is 30.4 Å². The number of nitrogens with zero attached hydrogens (tertiary/aromatic N) is 2. The molecule has 5 nitrogen and oxygen atoms in total. The van der Waals surface area contributed by atoms with Crippen LogP contribution in [-0.4, -0.2) is 21.2 Å². The zero-order valence-corrected chi connectivity index (χ0v) is 18.9. The summed E-state index contributed by atoms with van der Waals surface area (Å²) in [6.45, 7) is 0.429. The van der Waals surface area contributed by atoms with Gasteiger partial charge in [-0.2, -0.15) is 0 Å². The predicted octanol–water partition coefficient (Wildman–Crippen LogP) is 4.29. The fourth-order valence-electron chi connectivity index (χ4n) is 5.37. The topological polar surface area (TPSA) is 78.0 Å². The number of nitrogens with two attached hydrogens (primary N) is 1. The number of fused-ring (bicyclic) bond motifs is 4. The number of hydrogen-bond donors (Lipinski definition) is 1. The molecule has 1 heterocycles. The first-order valence-corrected chi connectivity index (χ1v) is 12.2. The molecule has 2 aromatic carbocycles. The van der Waals surface area contributed by atoms with E-state index in [1.807, 2.05) is 36.4 Å². The first kappa shape index (κ1) is 21.0. The van der Waals surface area contributed by atoms with Gasteiger partial charge in [0.05, 0.1) is 23.6 Å². The van der Waals surface area contributed by atoms with Gasteiger partial charge in [-0.25, -0.2) is 4.98 Å². The molecular formula is C26H27N3O2S. The number of hydrogen-bond acceptors (Lipinski definition) is 4. The van der Waals surface area contributed by atoms with Gasteiger partial charge in [0.15, 0.2) is 5.16 Å². The highest BCUT2D eigenvalue weighted by molar-refractivity contribution is 7.99. The van der Waals surface area contributed by atoms with E-state index >= 15 is 0 Å². The van der Waals surface area contributed by atoms with E-state index in [0.29, 0.717) is 11.7 Å². The van der Waals surface area contributed by atoms with Crippen LogP contribution in [0.25, 0.3) is 11.3 Å². The van der Waals surface area contributed by atoms with Crippen LogP contribution in [0.4, 0.5) is 0 Å². The summed E-state index contributed by atoms with van der Waals surface area (Å²) in [5.74, 6) is -0.329. The number of benzene rings is 2. The molecule has 0 saturated heterocycles. The van der Waals surface area contributed by atoms with E-state index in [0.717, 1.165) is 54.5 Å². The molecule has 2 aliphatic carbocycles. The summed E-state index contributed by atoms with van der Waals surface area (Å²) in [7, 11) is 0. The lowest BCUT2D eigenvalue weighted by atomic mass is 9.62. The predicted molar refractivity (Wildman–Crippen MR) is 128 cm³/mol. The normalized spacial score (nSPS) is 16.4. The molecule has 1 spiro atoms. The largest absolute Gasteiger partial charge is 0.369 e. The monoisotopic (exact) mass is 445 g/mol. The Hall–Kier alpha value is -2.86. The van der Waals surface area contributed by atoms with Gasteiger partial charge in [-0.3, -0.25) is 14.2 Å². The van der Waals surface area contributed by atoms with Crippen LogP contribution in [0.15, 0.2) is 64.5 Å². The van der Waals surface area contributed by atoms with Gasteiger partial charge in [0.2, 0.25) is 5.91 Å². The number of carbonyl (C=O) groups excluding carboxylic acids is 1. The smallest absolute Gasteiger partial charge is 0.258 e. The standard InChI is InChI=1S/C26H27N3O2S/c27-21(30)17-32-25-28-23-20-12-6-5-11-19(20)15-26(13-7-2-8-14-26)22(23)24(31)29(25)16-18-9-3-1-4-10-18/h1,3-6,9-12H,2,7-8,13-17H2,(H2,27,30). The maximum Gasteiger partial charge on any atom is 0.258 e. The fourth-order valence-corrected chi connectivity index (χ4v) is 6.10. The lowest BCUT2D eigenvalue weighted by Gasteiger charge is -2.42. The Bertz CT molecular complexity index is 1210. The van der Waals surface area contributed by atoms with Gasteiger partial charge >= 0.3 is 0 Å². The molecule has 1 aromatic heterocycles. The number of carbonyl (C=O) groups is 1. The third-order valence-corrected chi connectivity index (χ3v) is 7.80. The molecule has 0 unspecified atom stereocenters. The van der Waals surface area contributed by atoms with Crippen molar-refractivity contribution < 1.29 is 4.79 Å². The molecule has 2 N–H and O–H groups in total. The number of primary amides is 1. The second-order valence-electron chi connectivity index (χ2n) is 8.92. The van der Waals surface area contributed by atoms with Gasteiger partial charge in [0, 0.05) is 11.0 Å². The Balaban J connectivity index is 1.74. The van der Waals surface area contributed by atoms with E-state index in [2.05, 4.69) is 18.2 Å². The van der Waals surface area contributed by atoms with Crippen molar-refractivity contribution in [2.45, 2.75) is 55.6 Å². The molecule has 5 rings (SSSR count). The molecule has 1 saturated carbocycles. The minimum Gasteiger partial charge on any atom is -0.369 e. The average Bonchev–Trinajstić information content (AvgIpc) is 2.80. The lowest BCUT2D eigenvalue weighted by molar-refractivity contribution is -0.115. The first-order valence-electron chi connectivity index (χ1n) is 11.3. The van der Waals surface area contributed by atoms with Crippen molar-refractivity contribution in [1.29, 1.82) is 0 Å². The summed E-state index contributed by atoms with van der Waals surface area (Å²) in [5, 5.41) is 0.555. The van der Waals surface area contributed by atoms with Crippen LogP contribution < -0.4 is 11.3 Å². The van der Waals surface area contributed by atoms with E-state index in [1.54, 1.807) is 4.57 Å². The highest BCUT2D eigenvalue weighted by atomic mass is 32.2. The number of amides is 1. The second kappa shape index (κ2) is 8.58. The minimum absolute atomic E-state index is 0.0298. The second-order valence-corrected chi connectivity index (χ2v) is 9.87. The number of rotatable bonds is 5. The van der Waals surface area contributed by atoms with Gasteiger partial charge in [0.1, 0.15) is 0 Å². The molecule has 0 radical (unpaired) electrons. The molecule has 3 aromatic rings. The first-order chi connectivity index (χ1) is 15.6. The van der Waals surface area contributed by atoms with Crippen molar-refractivity contribution in [1.82, 2.24) is 9.55 Å². The highest BCUT2D eigenvalue weighted by Gasteiger charge is 2.43. The summed E-state index contributed by atoms with van der Waals surface area (Å²) in [6, 6.07) is 18.3. The quantitative estimate of drug-likeness (QED) is 0.469. The summed E-state index contributed by atoms with van der Waals surface area (Å²) in [5.41, 5.74) is 10.3. The van der Waals surface area contributed by atoms with Crippen LogP contribution in [0, 0.1) is 0 Å². The number of thioether (sulfide) groups is 1. The minimum atomic E-state index is -0.419. The van der Waals surface area contributed by atoms with Crippen LogP contribution in [0.1, 0.15) is 48.8 Å². The molecule has 0 atom stereocenters. The van der Waals surface area contributed by atoms with Crippen LogP contribution >= 0.6 is 11.8 Å². The Morgan fingerprint density at radius 1 is 1.03 bits per heavy atom. The summed E-state index contributed by atoms with van der Waals surface area (Å²) >= 11 is 1.25. The third kappa shape index (κ3) is 3.77. The van der Waals surface area contributed by atoms with Crippen LogP contribution in [0.2, 0.25) is 0 Å². The van der Waals surface area contributed by atoms with Crippen molar-refractivity contribution in [3.63, 3.8) is 0 Å². The maximum atomic E-state index is 14.2. The molecular weight excluding hydrogens is 418 g/mol. The molecule has 6 heteroatoms. The molecule has 0 aliphatic heterocycles. The van der Waals surface area contributed by atoms with E-state index in [4.69, 9.17) is 10.7 Å². The Morgan fingerprint density at radius 3 is 2.50 bits per heavy atom. The SMILES string of the molecule is NC(=O)CSc1nc2c(c(=O)n1Cc1ccccc1)C1(CCCCC1)Cc1ccccc1-2. The third-order valence-electron chi connectivity index (χ3n) is 6.80. The van der Waals surface area contributed by atoms with Crippen molar-refractivity contribution in [2.75, 3.05) is 5.75 Å². The zero-order chi connectivity index (χ0) is 22.1.